The van der Waals surface area contributed by atoms with Gasteiger partial charge < -0.3 is 10.6 Å². The molecule has 0 unspecified atom stereocenters. The highest BCUT2D eigenvalue weighted by atomic mass is 32.2. The quantitative estimate of drug-likeness (QED) is 0.715. The van der Waals surface area contributed by atoms with Crippen LogP contribution in [0.15, 0.2) is 23.1 Å². The summed E-state index contributed by atoms with van der Waals surface area (Å²) in [5.74, 6) is 0. The SMILES string of the molecule is Cc1c(NCCNC(C)(C)C)cccc1S(N)(=O)=O. The van der Waals surface area contributed by atoms with Crippen molar-refractivity contribution in [2.45, 2.75) is 38.1 Å². The van der Waals surface area contributed by atoms with Crippen LogP contribution in [0.25, 0.3) is 0 Å². The molecule has 0 amide bonds. The van der Waals surface area contributed by atoms with Crippen LogP contribution >= 0.6 is 0 Å². The van der Waals surface area contributed by atoms with Gasteiger partial charge in [-0.05, 0) is 45.4 Å². The van der Waals surface area contributed by atoms with Crippen molar-refractivity contribution in [2.75, 3.05) is 18.4 Å². The Balaban J connectivity index is 2.71. The van der Waals surface area contributed by atoms with E-state index in [0.29, 0.717) is 12.1 Å². The van der Waals surface area contributed by atoms with Gasteiger partial charge in [-0.25, -0.2) is 13.6 Å². The van der Waals surface area contributed by atoms with Crippen molar-refractivity contribution in [1.82, 2.24) is 5.32 Å². The Hall–Kier alpha value is -1.11. The topological polar surface area (TPSA) is 84.2 Å². The van der Waals surface area contributed by atoms with Crippen molar-refractivity contribution in [3.63, 3.8) is 0 Å². The molecule has 0 bridgehead atoms. The molecule has 0 atom stereocenters. The molecule has 0 radical (unpaired) electrons. The summed E-state index contributed by atoms with van der Waals surface area (Å²) >= 11 is 0. The second kappa shape index (κ2) is 5.90. The fourth-order valence-electron chi connectivity index (χ4n) is 1.75. The standard InChI is InChI=1S/C13H23N3O2S/c1-10-11(15-8-9-16-13(2,3)4)6-5-7-12(10)19(14,17)18/h5-7,15-16H,8-9H2,1-4H3,(H2,14,17,18). The monoisotopic (exact) mass is 285 g/mol. The lowest BCUT2D eigenvalue weighted by molar-refractivity contribution is 0.435. The molecule has 1 rings (SSSR count). The number of benzene rings is 1. The van der Waals surface area contributed by atoms with Crippen LogP contribution in [-0.4, -0.2) is 27.0 Å². The summed E-state index contributed by atoms with van der Waals surface area (Å²) in [6.45, 7) is 9.55. The van der Waals surface area contributed by atoms with E-state index in [2.05, 4.69) is 31.4 Å². The maximum Gasteiger partial charge on any atom is 0.238 e. The van der Waals surface area contributed by atoms with Crippen LogP contribution in [0, 0.1) is 6.92 Å². The van der Waals surface area contributed by atoms with Gasteiger partial charge in [-0.15, -0.1) is 0 Å². The molecular weight excluding hydrogens is 262 g/mol. The average Bonchev–Trinajstić information content (AvgIpc) is 2.23. The van der Waals surface area contributed by atoms with E-state index >= 15 is 0 Å². The number of nitrogens with two attached hydrogens (primary N) is 1. The molecule has 0 aliphatic carbocycles. The van der Waals surface area contributed by atoms with Gasteiger partial charge in [-0.2, -0.15) is 0 Å². The molecule has 0 saturated heterocycles. The molecule has 19 heavy (non-hydrogen) atoms. The molecule has 0 aromatic heterocycles. The Morgan fingerprint density at radius 3 is 2.37 bits per heavy atom. The second-order valence-electron chi connectivity index (χ2n) is 5.58. The first-order valence-electron chi connectivity index (χ1n) is 6.22. The van der Waals surface area contributed by atoms with Crippen LogP contribution in [-0.2, 0) is 10.0 Å². The maximum absolute atomic E-state index is 11.4. The first kappa shape index (κ1) is 15.9. The third-order valence-electron chi connectivity index (χ3n) is 2.69. The molecule has 0 fully saturated rings. The molecule has 0 aliphatic rings. The molecule has 1 aromatic rings. The van der Waals surface area contributed by atoms with E-state index in [4.69, 9.17) is 5.14 Å². The van der Waals surface area contributed by atoms with E-state index < -0.39 is 10.0 Å². The normalized spacial score (nSPS) is 12.5. The molecule has 0 saturated carbocycles. The molecule has 1 aromatic carbocycles. The van der Waals surface area contributed by atoms with E-state index in [1.54, 1.807) is 13.0 Å². The first-order valence-corrected chi connectivity index (χ1v) is 7.77. The summed E-state index contributed by atoms with van der Waals surface area (Å²) in [7, 11) is -3.67. The zero-order valence-corrected chi connectivity index (χ0v) is 12.8. The molecule has 6 heteroatoms. The minimum Gasteiger partial charge on any atom is -0.384 e. The number of nitrogens with one attached hydrogen (secondary N) is 2. The lowest BCUT2D eigenvalue weighted by Gasteiger charge is -2.21. The highest BCUT2D eigenvalue weighted by Crippen LogP contribution is 2.21. The van der Waals surface area contributed by atoms with Gasteiger partial charge in [0, 0.05) is 24.3 Å². The van der Waals surface area contributed by atoms with Gasteiger partial charge in [0.1, 0.15) is 0 Å². The predicted octanol–water partition coefficient (Wildman–Crippen LogP) is 1.44. The smallest absolute Gasteiger partial charge is 0.238 e. The van der Waals surface area contributed by atoms with Crippen molar-refractivity contribution in [3.8, 4) is 0 Å². The number of rotatable bonds is 5. The molecule has 4 N–H and O–H groups in total. The highest BCUT2D eigenvalue weighted by molar-refractivity contribution is 7.89. The first-order chi connectivity index (χ1) is 8.61. The fraction of sp³-hybridized carbons (Fsp3) is 0.538. The molecular formula is C13H23N3O2S. The lowest BCUT2D eigenvalue weighted by atomic mass is 10.1. The summed E-state index contributed by atoms with van der Waals surface area (Å²) in [5, 5.41) is 11.7. The van der Waals surface area contributed by atoms with Crippen LogP contribution in [0.4, 0.5) is 5.69 Å². The third-order valence-corrected chi connectivity index (χ3v) is 3.74. The van der Waals surface area contributed by atoms with Gasteiger partial charge >= 0.3 is 0 Å². The predicted molar refractivity (Wildman–Crippen MR) is 78.8 cm³/mol. The van der Waals surface area contributed by atoms with Crippen LogP contribution in [0.3, 0.4) is 0 Å². The van der Waals surface area contributed by atoms with E-state index in [0.717, 1.165) is 12.2 Å². The lowest BCUT2D eigenvalue weighted by Crippen LogP contribution is -2.38. The minimum absolute atomic E-state index is 0.0686. The molecule has 5 nitrogen and oxygen atoms in total. The Bertz CT molecular complexity index is 533. The van der Waals surface area contributed by atoms with Gasteiger partial charge in [0.2, 0.25) is 10.0 Å². The summed E-state index contributed by atoms with van der Waals surface area (Å²) in [6.07, 6.45) is 0. The van der Waals surface area contributed by atoms with E-state index in [9.17, 15) is 8.42 Å². The summed E-state index contributed by atoms with van der Waals surface area (Å²) in [5.41, 5.74) is 1.52. The zero-order valence-electron chi connectivity index (χ0n) is 11.9. The minimum atomic E-state index is -3.67. The van der Waals surface area contributed by atoms with Crippen molar-refractivity contribution in [3.05, 3.63) is 23.8 Å². The number of anilines is 1. The Labute approximate surface area is 115 Å². The maximum atomic E-state index is 11.4. The number of sulfonamides is 1. The van der Waals surface area contributed by atoms with Crippen molar-refractivity contribution >= 4 is 15.7 Å². The van der Waals surface area contributed by atoms with Gasteiger partial charge in [0.05, 0.1) is 4.90 Å². The van der Waals surface area contributed by atoms with Gasteiger partial charge in [0.15, 0.2) is 0 Å². The summed E-state index contributed by atoms with van der Waals surface area (Å²) in [6, 6.07) is 5.05. The summed E-state index contributed by atoms with van der Waals surface area (Å²) < 4.78 is 22.8. The van der Waals surface area contributed by atoms with Crippen LogP contribution in [0.5, 0.6) is 0 Å². The van der Waals surface area contributed by atoms with Crippen LogP contribution in [0.2, 0.25) is 0 Å². The zero-order chi connectivity index (χ0) is 14.7. The summed E-state index contributed by atoms with van der Waals surface area (Å²) in [4.78, 5) is 0.168. The molecule has 108 valence electrons. The van der Waals surface area contributed by atoms with Gasteiger partial charge in [-0.3, -0.25) is 0 Å². The average molecular weight is 285 g/mol. The molecule has 0 heterocycles. The molecule has 0 aliphatic heterocycles. The van der Waals surface area contributed by atoms with E-state index in [1.807, 2.05) is 6.07 Å². The van der Waals surface area contributed by atoms with Crippen molar-refractivity contribution in [2.24, 2.45) is 5.14 Å². The van der Waals surface area contributed by atoms with Crippen LogP contribution in [0.1, 0.15) is 26.3 Å². The largest absolute Gasteiger partial charge is 0.384 e. The fourth-order valence-corrected chi connectivity index (χ4v) is 2.55. The van der Waals surface area contributed by atoms with E-state index in [1.165, 1.54) is 6.07 Å². The van der Waals surface area contributed by atoms with Gasteiger partial charge in [0.25, 0.3) is 0 Å². The third kappa shape index (κ3) is 5.18. The van der Waals surface area contributed by atoms with Gasteiger partial charge in [-0.1, -0.05) is 6.07 Å². The van der Waals surface area contributed by atoms with Crippen molar-refractivity contribution in [1.29, 1.82) is 0 Å². The van der Waals surface area contributed by atoms with E-state index in [-0.39, 0.29) is 10.4 Å². The number of primary sulfonamides is 1. The second-order valence-corrected chi connectivity index (χ2v) is 7.11. The number of hydrogen-bond acceptors (Lipinski definition) is 4. The molecule has 0 spiro atoms. The van der Waals surface area contributed by atoms with Crippen molar-refractivity contribution < 1.29 is 8.42 Å². The number of hydrogen-bond donors (Lipinski definition) is 3. The Kier molecular flexibility index (Phi) is 4.95. The Morgan fingerprint density at radius 1 is 1.21 bits per heavy atom. The van der Waals surface area contributed by atoms with Crippen LogP contribution < -0.4 is 15.8 Å². The highest BCUT2D eigenvalue weighted by Gasteiger charge is 2.13. The Morgan fingerprint density at radius 2 is 1.84 bits per heavy atom.